The van der Waals surface area contributed by atoms with Gasteiger partial charge >= 0.3 is 0 Å². The van der Waals surface area contributed by atoms with Crippen LogP contribution in [0.15, 0.2) is 65.7 Å². The summed E-state index contributed by atoms with van der Waals surface area (Å²) in [5.41, 5.74) is 2.49. The van der Waals surface area contributed by atoms with Gasteiger partial charge in [0.05, 0.1) is 6.04 Å². The maximum atomic E-state index is 4.78. The van der Waals surface area contributed by atoms with Gasteiger partial charge in [-0.15, -0.1) is 0 Å². The van der Waals surface area contributed by atoms with E-state index in [2.05, 4.69) is 68.6 Å². The van der Waals surface area contributed by atoms with Crippen molar-refractivity contribution in [2.45, 2.75) is 26.3 Å². The molecule has 0 unspecified atom stereocenters. The molecule has 0 aromatic heterocycles. The minimum Gasteiger partial charge on any atom is -0.285 e. The van der Waals surface area contributed by atoms with Crippen molar-refractivity contribution in [3.8, 4) is 0 Å². The van der Waals surface area contributed by atoms with Crippen LogP contribution in [0.25, 0.3) is 0 Å². The Kier molecular flexibility index (Phi) is 4.91. The Bertz CT molecular complexity index is 460. The number of hydrogen-bond donors (Lipinski definition) is 0. The standard InChI is InChI=1S/C18H21N/c1-15(2)13-14-19-18(16-9-5-3-6-10-16)17-11-7-4-8-12-17/h3-12,14-15,18H,13H2,1-2H3. The zero-order valence-electron chi connectivity index (χ0n) is 11.7. The van der Waals surface area contributed by atoms with Crippen molar-refractivity contribution < 1.29 is 0 Å². The molecule has 19 heavy (non-hydrogen) atoms. The predicted octanol–water partition coefficient (Wildman–Crippen LogP) is 4.89. The van der Waals surface area contributed by atoms with Crippen LogP contribution in [-0.2, 0) is 0 Å². The van der Waals surface area contributed by atoms with Crippen molar-refractivity contribution in [1.82, 2.24) is 0 Å². The molecule has 0 saturated heterocycles. The summed E-state index contributed by atoms with van der Waals surface area (Å²) >= 11 is 0. The molecule has 0 fully saturated rings. The second-order valence-electron chi connectivity index (χ2n) is 5.19. The van der Waals surface area contributed by atoms with Gasteiger partial charge in [0.25, 0.3) is 0 Å². The molecule has 2 aromatic rings. The fraction of sp³-hybridized carbons (Fsp3) is 0.278. The summed E-state index contributed by atoms with van der Waals surface area (Å²) < 4.78 is 0. The smallest absolute Gasteiger partial charge is 0.0995 e. The van der Waals surface area contributed by atoms with E-state index in [1.54, 1.807) is 0 Å². The zero-order chi connectivity index (χ0) is 13.5. The minimum atomic E-state index is 0.112. The van der Waals surface area contributed by atoms with Crippen molar-refractivity contribution in [1.29, 1.82) is 0 Å². The molecule has 2 aromatic carbocycles. The zero-order valence-corrected chi connectivity index (χ0v) is 11.7. The molecule has 0 N–H and O–H groups in total. The van der Waals surface area contributed by atoms with E-state index in [0.29, 0.717) is 5.92 Å². The lowest BCUT2D eigenvalue weighted by Gasteiger charge is -2.13. The molecule has 0 radical (unpaired) electrons. The second kappa shape index (κ2) is 6.89. The maximum Gasteiger partial charge on any atom is 0.0995 e. The molecule has 0 amide bonds. The first-order valence-electron chi connectivity index (χ1n) is 6.89. The predicted molar refractivity (Wildman–Crippen MR) is 82.7 cm³/mol. The van der Waals surface area contributed by atoms with E-state index in [1.165, 1.54) is 11.1 Å². The number of aliphatic imine (C=N–C) groups is 1. The molecular weight excluding hydrogens is 230 g/mol. The number of nitrogens with zero attached hydrogens (tertiary/aromatic N) is 1. The quantitative estimate of drug-likeness (QED) is 0.671. The summed E-state index contributed by atoms with van der Waals surface area (Å²) in [6.45, 7) is 4.43. The van der Waals surface area contributed by atoms with Gasteiger partial charge in [-0.3, -0.25) is 4.99 Å². The van der Waals surface area contributed by atoms with Crippen molar-refractivity contribution in [3.05, 3.63) is 71.8 Å². The topological polar surface area (TPSA) is 12.4 Å². The number of rotatable bonds is 5. The number of benzene rings is 2. The van der Waals surface area contributed by atoms with E-state index < -0.39 is 0 Å². The van der Waals surface area contributed by atoms with E-state index in [1.807, 2.05) is 12.1 Å². The average Bonchev–Trinajstić information content (AvgIpc) is 2.45. The van der Waals surface area contributed by atoms with Crippen LogP contribution < -0.4 is 0 Å². The van der Waals surface area contributed by atoms with Gasteiger partial charge in [0, 0.05) is 6.21 Å². The molecule has 2 rings (SSSR count). The van der Waals surface area contributed by atoms with Gasteiger partial charge in [-0.2, -0.15) is 0 Å². The summed E-state index contributed by atoms with van der Waals surface area (Å²) in [6, 6.07) is 21.1. The van der Waals surface area contributed by atoms with Crippen LogP contribution in [-0.4, -0.2) is 6.21 Å². The molecule has 1 heteroatoms. The first kappa shape index (κ1) is 13.5. The van der Waals surface area contributed by atoms with Crippen LogP contribution in [0.1, 0.15) is 37.4 Å². The highest BCUT2D eigenvalue weighted by molar-refractivity contribution is 5.58. The monoisotopic (exact) mass is 251 g/mol. The van der Waals surface area contributed by atoms with Crippen LogP contribution in [0.5, 0.6) is 0 Å². The molecule has 0 spiro atoms. The van der Waals surface area contributed by atoms with Crippen molar-refractivity contribution in [2.75, 3.05) is 0 Å². The number of hydrogen-bond acceptors (Lipinski definition) is 1. The Morgan fingerprint density at radius 1 is 0.842 bits per heavy atom. The van der Waals surface area contributed by atoms with Crippen molar-refractivity contribution in [3.63, 3.8) is 0 Å². The van der Waals surface area contributed by atoms with E-state index in [9.17, 15) is 0 Å². The highest BCUT2D eigenvalue weighted by Crippen LogP contribution is 2.25. The Labute approximate surface area is 116 Å². The lowest BCUT2D eigenvalue weighted by atomic mass is 9.99. The Morgan fingerprint density at radius 3 is 1.74 bits per heavy atom. The third kappa shape index (κ3) is 4.06. The summed E-state index contributed by atoms with van der Waals surface area (Å²) in [5.74, 6) is 0.649. The lowest BCUT2D eigenvalue weighted by Crippen LogP contribution is -1.99. The fourth-order valence-electron chi connectivity index (χ4n) is 2.01. The van der Waals surface area contributed by atoms with Gasteiger partial charge in [-0.1, -0.05) is 74.5 Å². The van der Waals surface area contributed by atoms with Gasteiger partial charge < -0.3 is 0 Å². The molecule has 0 aliphatic carbocycles. The molecule has 0 saturated carbocycles. The molecule has 98 valence electrons. The average molecular weight is 251 g/mol. The Hall–Kier alpha value is -1.89. The van der Waals surface area contributed by atoms with Crippen LogP contribution in [0.2, 0.25) is 0 Å². The van der Waals surface area contributed by atoms with Crippen LogP contribution in [0, 0.1) is 5.92 Å². The molecular formula is C18H21N. The fourth-order valence-corrected chi connectivity index (χ4v) is 2.01. The first-order valence-corrected chi connectivity index (χ1v) is 6.89. The SMILES string of the molecule is CC(C)CC=NC(c1ccccc1)c1ccccc1. The van der Waals surface area contributed by atoms with Crippen LogP contribution in [0.4, 0.5) is 0 Å². The third-order valence-electron chi connectivity index (χ3n) is 3.06. The summed E-state index contributed by atoms with van der Waals surface area (Å²) in [5, 5.41) is 0. The van der Waals surface area contributed by atoms with E-state index in [-0.39, 0.29) is 6.04 Å². The van der Waals surface area contributed by atoms with Gasteiger partial charge in [0.2, 0.25) is 0 Å². The van der Waals surface area contributed by atoms with Crippen LogP contribution >= 0.6 is 0 Å². The van der Waals surface area contributed by atoms with Gasteiger partial charge in [0.1, 0.15) is 0 Å². The highest BCUT2D eigenvalue weighted by atomic mass is 14.8. The normalized spacial score (nSPS) is 11.6. The molecule has 1 nitrogen and oxygen atoms in total. The van der Waals surface area contributed by atoms with E-state index in [4.69, 9.17) is 4.99 Å². The molecule has 0 bridgehead atoms. The molecule has 0 aliphatic rings. The van der Waals surface area contributed by atoms with Gasteiger partial charge in [0.15, 0.2) is 0 Å². The minimum absolute atomic E-state index is 0.112. The van der Waals surface area contributed by atoms with Gasteiger partial charge in [-0.25, -0.2) is 0 Å². The lowest BCUT2D eigenvalue weighted by molar-refractivity contribution is 0.686. The highest BCUT2D eigenvalue weighted by Gasteiger charge is 2.10. The first-order chi connectivity index (χ1) is 9.27. The maximum absolute atomic E-state index is 4.78. The summed E-state index contributed by atoms with van der Waals surface area (Å²) in [6.07, 6.45) is 3.09. The van der Waals surface area contributed by atoms with E-state index >= 15 is 0 Å². The Balaban J connectivity index is 2.27. The van der Waals surface area contributed by atoms with Crippen molar-refractivity contribution >= 4 is 6.21 Å². The van der Waals surface area contributed by atoms with Gasteiger partial charge in [-0.05, 0) is 23.5 Å². The van der Waals surface area contributed by atoms with Crippen molar-refractivity contribution in [2.24, 2.45) is 10.9 Å². The van der Waals surface area contributed by atoms with Crippen LogP contribution in [0.3, 0.4) is 0 Å². The Morgan fingerprint density at radius 2 is 1.32 bits per heavy atom. The molecule has 0 aliphatic heterocycles. The van der Waals surface area contributed by atoms with E-state index in [0.717, 1.165) is 6.42 Å². The second-order valence-corrected chi connectivity index (χ2v) is 5.19. The molecule has 0 heterocycles. The summed E-state index contributed by atoms with van der Waals surface area (Å²) in [4.78, 5) is 4.78. The molecule has 0 atom stereocenters. The largest absolute Gasteiger partial charge is 0.285 e. The summed E-state index contributed by atoms with van der Waals surface area (Å²) in [7, 11) is 0. The third-order valence-corrected chi connectivity index (χ3v) is 3.06.